The van der Waals surface area contributed by atoms with E-state index in [9.17, 15) is 4.79 Å². The summed E-state index contributed by atoms with van der Waals surface area (Å²) in [5, 5.41) is 8.90. The number of aromatic nitrogens is 5. The summed E-state index contributed by atoms with van der Waals surface area (Å²) >= 11 is 5.92. The molecule has 2 aliphatic rings. The summed E-state index contributed by atoms with van der Waals surface area (Å²) in [6.07, 6.45) is 6.42. The first-order chi connectivity index (χ1) is 14.5. The van der Waals surface area contributed by atoms with E-state index in [1.54, 1.807) is 36.8 Å². The van der Waals surface area contributed by atoms with Crippen molar-refractivity contribution in [3.63, 3.8) is 0 Å². The number of halogens is 1. The Bertz CT molecular complexity index is 1070. The number of hydrogen-bond acceptors (Lipinski definition) is 6. The van der Waals surface area contributed by atoms with Crippen molar-refractivity contribution in [1.82, 2.24) is 29.9 Å². The van der Waals surface area contributed by atoms with Crippen molar-refractivity contribution in [2.75, 3.05) is 0 Å². The van der Waals surface area contributed by atoms with E-state index in [1.807, 2.05) is 17.9 Å². The number of carbonyl (C=O) groups excluding carboxylic acids is 1. The van der Waals surface area contributed by atoms with Gasteiger partial charge < -0.3 is 9.64 Å². The third kappa shape index (κ3) is 3.21. The first-order valence-electron chi connectivity index (χ1n) is 9.96. The van der Waals surface area contributed by atoms with Gasteiger partial charge in [0, 0.05) is 24.0 Å². The number of aryl methyl sites for hydroxylation is 1. The number of amides is 1. The van der Waals surface area contributed by atoms with Crippen LogP contribution < -0.4 is 4.74 Å². The Morgan fingerprint density at radius 3 is 2.67 bits per heavy atom. The predicted molar refractivity (Wildman–Crippen MR) is 110 cm³/mol. The van der Waals surface area contributed by atoms with Crippen LogP contribution in [0.5, 0.6) is 5.88 Å². The molecule has 0 N–H and O–H groups in total. The molecule has 4 heterocycles. The number of pyridine rings is 2. The van der Waals surface area contributed by atoms with E-state index in [0.29, 0.717) is 28.2 Å². The molecule has 9 heteroatoms. The molecule has 1 aliphatic heterocycles. The maximum absolute atomic E-state index is 13.6. The number of ether oxygens (including phenoxy) is 1. The minimum atomic E-state index is -0.103. The van der Waals surface area contributed by atoms with Crippen LogP contribution in [0.2, 0.25) is 5.02 Å². The summed E-state index contributed by atoms with van der Waals surface area (Å²) in [5.74, 6) is 1.28. The number of carbonyl (C=O) groups is 1. The predicted octanol–water partition coefficient (Wildman–Crippen LogP) is 3.09. The largest absolute Gasteiger partial charge is 0.472 e. The van der Waals surface area contributed by atoms with E-state index in [1.165, 1.54) is 4.80 Å². The van der Waals surface area contributed by atoms with Crippen molar-refractivity contribution < 1.29 is 9.53 Å². The lowest BCUT2D eigenvalue weighted by atomic mass is 9.98. The second kappa shape index (κ2) is 7.36. The van der Waals surface area contributed by atoms with Crippen LogP contribution in [0.25, 0.3) is 5.82 Å². The maximum atomic E-state index is 13.6. The molecular formula is C21H21ClN6O2. The van der Waals surface area contributed by atoms with Crippen LogP contribution in [0, 0.1) is 12.8 Å². The SMILES string of the molecule is Cc1ccc(C(=O)N2[C@H](C)[C@H]3C[C@@H](Oc4ccc(Cl)cn4)[C@@H]2C3)c(-n2nccn2)n1. The Morgan fingerprint density at radius 1 is 1.17 bits per heavy atom. The zero-order valence-electron chi connectivity index (χ0n) is 16.6. The first kappa shape index (κ1) is 19.0. The van der Waals surface area contributed by atoms with Crippen molar-refractivity contribution in [3.05, 3.63) is 59.1 Å². The van der Waals surface area contributed by atoms with Gasteiger partial charge in [-0.2, -0.15) is 10.2 Å². The fraction of sp³-hybridized carbons (Fsp3) is 0.381. The molecule has 2 bridgehead atoms. The molecule has 0 unspecified atom stereocenters. The lowest BCUT2D eigenvalue weighted by Gasteiger charge is -2.37. The summed E-state index contributed by atoms with van der Waals surface area (Å²) in [5.41, 5.74) is 1.28. The first-order valence-corrected chi connectivity index (χ1v) is 10.3. The molecule has 4 atom stereocenters. The third-order valence-electron chi connectivity index (χ3n) is 6.05. The van der Waals surface area contributed by atoms with Gasteiger partial charge in [-0.1, -0.05) is 11.6 Å². The molecule has 1 saturated heterocycles. The quantitative estimate of drug-likeness (QED) is 0.639. The second-order valence-corrected chi connectivity index (χ2v) is 8.30. The highest BCUT2D eigenvalue weighted by molar-refractivity contribution is 6.30. The monoisotopic (exact) mass is 424 g/mol. The van der Waals surface area contributed by atoms with Gasteiger partial charge in [-0.3, -0.25) is 4.79 Å². The molecule has 0 aromatic carbocycles. The molecule has 154 valence electrons. The van der Waals surface area contributed by atoms with Crippen LogP contribution in [0.15, 0.2) is 42.9 Å². The molecule has 8 nitrogen and oxygen atoms in total. The minimum Gasteiger partial charge on any atom is -0.472 e. The van der Waals surface area contributed by atoms with Gasteiger partial charge in [0.25, 0.3) is 5.91 Å². The third-order valence-corrected chi connectivity index (χ3v) is 6.27. The van der Waals surface area contributed by atoms with E-state index in [-0.39, 0.29) is 24.1 Å². The van der Waals surface area contributed by atoms with Gasteiger partial charge in [0.05, 0.1) is 29.0 Å². The molecule has 3 aromatic heterocycles. The standard InChI is InChI=1S/C21H21ClN6O2/c1-12-3-5-16(20(26-12)28-24-7-8-25-28)21(29)27-13(2)14-9-17(27)18(10-14)30-19-6-4-15(22)11-23-19/h3-8,11,13-14,17-18H,9-10H2,1-2H3/t13-,14-,17+,18-/m1/s1. The van der Waals surface area contributed by atoms with Gasteiger partial charge in [-0.05, 0) is 50.8 Å². The normalized spacial score (nSPS) is 25.0. The average molecular weight is 425 g/mol. The van der Waals surface area contributed by atoms with Crippen LogP contribution in [-0.4, -0.2) is 54.0 Å². The van der Waals surface area contributed by atoms with Gasteiger partial charge >= 0.3 is 0 Å². The van der Waals surface area contributed by atoms with Gasteiger partial charge in [0.15, 0.2) is 5.82 Å². The second-order valence-electron chi connectivity index (χ2n) is 7.87. The molecule has 3 aromatic rings. The van der Waals surface area contributed by atoms with E-state index >= 15 is 0 Å². The number of piperidine rings is 1. The highest BCUT2D eigenvalue weighted by Crippen LogP contribution is 2.44. The van der Waals surface area contributed by atoms with E-state index in [4.69, 9.17) is 16.3 Å². The number of fused-ring (bicyclic) bond motifs is 2. The highest BCUT2D eigenvalue weighted by Gasteiger charge is 2.53. The van der Waals surface area contributed by atoms with Crippen molar-refractivity contribution in [1.29, 1.82) is 0 Å². The number of hydrogen-bond donors (Lipinski definition) is 0. The number of nitrogens with zero attached hydrogens (tertiary/aromatic N) is 6. The Labute approximate surface area is 178 Å². The summed E-state index contributed by atoms with van der Waals surface area (Å²) in [6.45, 7) is 3.98. The lowest BCUT2D eigenvalue weighted by molar-refractivity contribution is 0.0313. The van der Waals surface area contributed by atoms with Crippen molar-refractivity contribution in [2.45, 2.75) is 44.9 Å². The summed E-state index contributed by atoms with van der Waals surface area (Å²) in [6, 6.07) is 7.26. The molecule has 1 amide bonds. The van der Waals surface area contributed by atoms with Gasteiger partial charge in [0.2, 0.25) is 5.88 Å². The maximum Gasteiger partial charge on any atom is 0.258 e. The minimum absolute atomic E-state index is 0.0188. The molecule has 30 heavy (non-hydrogen) atoms. The Hall–Kier alpha value is -3.00. The lowest BCUT2D eigenvalue weighted by Crippen LogP contribution is -2.51. The van der Waals surface area contributed by atoms with Crippen LogP contribution >= 0.6 is 11.6 Å². The Morgan fingerprint density at radius 2 is 1.97 bits per heavy atom. The van der Waals surface area contributed by atoms with Crippen LogP contribution in [0.4, 0.5) is 0 Å². The fourth-order valence-corrected chi connectivity index (χ4v) is 4.72. The van der Waals surface area contributed by atoms with Crippen LogP contribution in [-0.2, 0) is 0 Å². The molecule has 0 spiro atoms. The highest BCUT2D eigenvalue weighted by atomic mass is 35.5. The molecule has 1 saturated carbocycles. The van der Waals surface area contributed by atoms with E-state index < -0.39 is 0 Å². The van der Waals surface area contributed by atoms with Gasteiger partial charge in [-0.25, -0.2) is 9.97 Å². The topological polar surface area (TPSA) is 86.0 Å². The average Bonchev–Trinajstić information content (AvgIpc) is 3.46. The Balaban J connectivity index is 1.44. The van der Waals surface area contributed by atoms with Crippen LogP contribution in [0.3, 0.4) is 0 Å². The molecular weight excluding hydrogens is 404 g/mol. The molecule has 5 rings (SSSR count). The number of rotatable bonds is 4. The van der Waals surface area contributed by atoms with Crippen molar-refractivity contribution in [3.8, 4) is 11.7 Å². The van der Waals surface area contributed by atoms with Gasteiger partial charge in [0.1, 0.15) is 6.10 Å². The molecule has 2 fully saturated rings. The Kier molecular flexibility index (Phi) is 4.66. The summed E-state index contributed by atoms with van der Waals surface area (Å²) < 4.78 is 6.14. The van der Waals surface area contributed by atoms with Crippen molar-refractivity contribution in [2.24, 2.45) is 5.92 Å². The molecule has 1 aliphatic carbocycles. The van der Waals surface area contributed by atoms with E-state index in [0.717, 1.165) is 18.5 Å². The van der Waals surface area contributed by atoms with E-state index in [2.05, 4.69) is 27.1 Å². The molecule has 0 radical (unpaired) electrons. The van der Waals surface area contributed by atoms with Crippen molar-refractivity contribution >= 4 is 17.5 Å². The fourth-order valence-electron chi connectivity index (χ4n) is 4.61. The smallest absolute Gasteiger partial charge is 0.258 e. The number of likely N-dealkylation sites (tertiary alicyclic amines) is 1. The zero-order valence-corrected chi connectivity index (χ0v) is 17.4. The summed E-state index contributed by atoms with van der Waals surface area (Å²) in [4.78, 5) is 25.7. The zero-order chi connectivity index (χ0) is 20.8. The van der Waals surface area contributed by atoms with Crippen LogP contribution in [0.1, 0.15) is 35.8 Å². The summed E-state index contributed by atoms with van der Waals surface area (Å²) in [7, 11) is 0. The van der Waals surface area contributed by atoms with Gasteiger partial charge in [-0.15, -0.1) is 4.80 Å².